The number of aryl methyl sites for hydroxylation is 1. The number of hydrogen-bond donors (Lipinski definition) is 1. The normalized spacial score (nSPS) is 15.3. The maximum atomic E-state index is 11.3. The van der Waals surface area contributed by atoms with Crippen LogP contribution in [0.2, 0.25) is 0 Å². The molecule has 4 nitrogen and oxygen atoms in total. The Hall–Kier alpha value is -1.39. The van der Waals surface area contributed by atoms with Crippen LogP contribution in [0.15, 0.2) is 24.3 Å². The van der Waals surface area contributed by atoms with E-state index in [1.807, 2.05) is 24.3 Å². The smallest absolute Gasteiger partial charge is 0.248 e. The van der Waals surface area contributed by atoms with Gasteiger partial charge in [-0.25, -0.2) is 0 Å². The first-order chi connectivity index (χ1) is 8.27. The zero-order valence-corrected chi connectivity index (χ0v) is 10.7. The van der Waals surface area contributed by atoms with Gasteiger partial charge in [-0.3, -0.25) is 4.79 Å². The van der Waals surface area contributed by atoms with E-state index in [4.69, 9.17) is 5.73 Å². The molecule has 18 heavy (non-hydrogen) atoms. The second-order valence-electron chi connectivity index (χ2n) is 4.67. The first-order valence-electron chi connectivity index (χ1n) is 6.37. The Morgan fingerprint density at radius 1 is 1.22 bits per heavy atom. The van der Waals surface area contributed by atoms with Gasteiger partial charge < -0.3 is 16.1 Å². The van der Waals surface area contributed by atoms with Crippen molar-refractivity contribution in [2.75, 3.05) is 19.6 Å². The quantitative estimate of drug-likeness (QED) is 0.845. The molecule has 1 aliphatic rings. The summed E-state index contributed by atoms with van der Waals surface area (Å²) in [4.78, 5) is 13.7. The Morgan fingerprint density at radius 3 is 2.56 bits per heavy atom. The Labute approximate surface area is 108 Å². The van der Waals surface area contributed by atoms with Crippen LogP contribution in [0.1, 0.15) is 35.2 Å². The highest BCUT2D eigenvalue weighted by atomic mass is 16.1. The van der Waals surface area contributed by atoms with Crippen molar-refractivity contribution in [2.24, 2.45) is 5.73 Å². The molecule has 100 valence electrons. The van der Waals surface area contributed by atoms with Crippen LogP contribution in [-0.4, -0.2) is 35.9 Å². The lowest BCUT2D eigenvalue weighted by Gasteiger charge is -2.14. The van der Waals surface area contributed by atoms with Crippen molar-refractivity contribution in [2.45, 2.75) is 25.7 Å². The predicted octanol–water partition coefficient (Wildman–Crippen LogP) is 0.989. The lowest BCUT2D eigenvalue weighted by Crippen LogP contribution is -2.21. The fourth-order valence-electron chi connectivity index (χ4n) is 2.48. The number of hydrogen-bond acceptors (Lipinski definition) is 2. The summed E-state index contributed by atoms with van der Waals surface area (Å²) in [5.74, 6) is -0.318. The summed E-state index contributed by atoms with van der Waals surface area (Å²) in [6.07, 6.45) is 4.70. The third-order valence-electron chi connectivity index (χ3n) is 3.40. The summed E-state index contributed by atoms with van der Waals surface area (Å²) < 4.78 is 0. The number of nitrogens with zero attached hydrogens (tertiary/aromatic N) is 1. The van der Waals surface area contributed by atoms with E-state index in [9.17, 15) is 4.79 Å². The van der Waals surface area contributed by atoms with Crippen molar-refractivity contribution < 1.29 is 10.3 Å². The van der Waals surface area contributed by atoms with Crippen molar-refractivity contribution in [3.05, 3.63) is 35.4 Å². The molecule has 2 rings (SSSR count). The number of primary amides is 1. The average Bonchev–Trinajstić information content (AvgIpc) is 2.82. The second-order valence-corrected chi connectivity index (χ2v) is 4.67. The molecule has 1 aromatic rings. The fourth-order valence-corrected chi connectivity index (χ4v) is 2.48. The molecule has 0 saturated carbocycles. The molecule has 4 N–H and O–H groups in total. The van der Waals surface area contributed by atoms with E-state index in [0.29, 0.717) is 5.56 Å². The monoisotopic (exact) mass is 250 g/mol. The number of carbonyl (C=O) groups is 1. The van der Waals surface area contributed by atoms with Crippen LogP contribution in [0.5, 0.6) is 0 Å². The third kappa shape index (κ3) is 3.82. The van der Waals surface area contributed by atoms with Gasteiger partial charge in [0.1, 0.15) is 0 Å². The first kappa shape index (κ1) is 14.7. The summed E-state index contributed by atoms with van der Waals surface area (Å²) >= 11 is 0. The summed E-state index contributed by atoms with van der Waals surface area (Å²) in [7, 11) is 0. The number of benzene rings is 1. The van der Waals surface area contributed by atoms with E-state index < -0.39 is 0 Å². The van der Waals surface area contributed by atoms with E-state index in [1.165, 1.54) is 25.9 Å². The zero-order chi connectivity index (χ0) is 12.1. The summed E-state index contributed by atoms with van der Waals surface area (Å²) in [5.41, 5.74) is 7.12. The highest BCUT2D eigenvalue weighted by molar-refractivity contribution is 5.94. The van der Waals surface area contributed by atoms with Gasteiger partial charge in [-0.2, -0.15) is 0 Å². The fraction of sp³-hybridized carbons (Fsp3) is 0.500. The van der Waals surface area contributed by atoms with Crippen molar-refractivity contribution in [1.29, 1.82) is 0 Å². The van der Waals surface area contributed by atoms with Gasteiger partial charge in [-0.05, 0) is 56.9 Å². The van der Waals surface area contributed by atoms with Gasteiger partial charge in [0.2, 0.25) is 5.91 Å². The number of rotatable bonds is 5. The van der Waals surface area contributed by atoms with Crippen LogP contribution < -0.4 is 5.73 Å². The van der Waals surface area contributed by atoms with Crippen molar-refractivity contribution in [3.8, 4) is 0 Å². The number of amides is 1. The van der Waals surface area contributed by atoms with Gasteiger partial charge in [0, 0.05) is 5.56 Å². The highest BCUT2D eigenvalue weighted by Crippen LogP contribution is 2.13. The van der Waals surface area contributed by atoms with Gasteiger partial charge in [0.05, 0.1) is 0 Å². The van der Waals surface area contributed by atoms with Crippen LogP contribution in [0.3, 0.4) is 0 Å². The van der Waals surface area contributed by atoms with Crippen molar-refractivity contribution in [3.63, 3.8) is 0 Å². The van der Waals surface area contributed by atoms with E-state index in [-0.39, 0.29) is 11.4 Å². The molecule has 0 aromatic heterocycles. The summed E-state index contributed by atoms with van der Waals surface area (Å²) in [6, 6.07) is 7.65. The molecule has 0 spiro atoms. The Balaban J connectivity index is 0.00000162. The van der Waals surface area contributed by atoms with Crippen molar-refractivity contribution in [1.82, 2.24) is 4.90 Å². The molecule has 1 amide bonds. The third-order valence-corrected chi connectivity index (χ3v) is 3.40. The second kappa shape index (κ2) is 7.13. The molecule has 1 fully saturated rings. The lowest BCUT2D eigenvalue weighted by atomic mass is 10.0. The van der Waals surface area contributed by atoms with Gasteiger partial charge in [0.25, 0.3) is 0 Å². The summed E-state index contributed by atoms with van der Waals surface area (Å²) in [5, 5.41) is 0. The molecule has 1 saturated heterocycles. The molecular weight excluding hydrogens is 228 g/mol. The van der Waals surface area contributed by atoms with Gasteiger partial charge in [0.15, 0.2) is 0 Å². The van der Waals surface area contributed by atoms with Gasteiger partial charge >= 0.3 is 0 Å². The highest BCUT2D eigenvalue weighted by Gasteiger charge is 2.11. The maximum absolute atomic E-state index is 11.3. The molecule has 4 heteroatoms. The Kier molecular flexibility index (Phi) is 5.82. The topological polar surface area (TPSA) is 77.8 Å². The first-order valence-corrected chi connectivity index (χ1v) is 6.37. The SMILES string of the molecule is NC(=O)c1ccccc1CCCN1CCCC1.O. The van der Waals surface area contributed by atoms with Crippen LogP contribution in [0, 0.1) is 0 Å². The van der Waals surface area contributed by atoms with Crippen LogP contribution in [-0.2, 0) is 6.42 Å². The number of nitrogens with two attached hydrogens (primary N) is 1. The number of carbonyl (C=O) groups excluding carboxylic acids is 1. The van der Waals surface area contributed by atoms with E-state index in [0.717, 1.165) is 24.9 Å². The van der Waals surface area contributed by atoms with Gasteiger partial charge in [-0.15, -0.1) is 0 Å². The molecule has 0 aliphatic carbocycles. The summed E-state index contributed by atoms with van der Waals surface area (Å²) in [6.45, 7) is 3.60. The number of likely N-dealkylation sites (tertiary alicyclic amines) is 1. The van der Waals surface area contributed by atoms with E-state index >= 15 is 0 Å². The Bertz CT molecular complexity index is 387. The Morgan fingerprint density at radius 2 is 1.89 bits per heavy atom. The molecule has 0 bridgehead atoms. The van der Waals surface area contributed by atoms with Crippen LogP contribution in [0.4, 0.5) is 0 Å². The van der Waals surface area contributed by atoms with E-state index in [2.05, 4.69) is 4.90 Å². The molecule has 1 aromatic carbocycles. The lowest BCUT2D eigenvalue weighted by molar-refractivity contribution is 0.0999. The van der Waals surface area contributed by atoms with E-state index in [1.54, 1.807) is 0 Å². The van der Waals surface area contributed by atoms with Crippen molar-refractivity contribution >= 4 is 5.91 Å². The molecule has 0 unspecified atom stereocenters. The zero-order valence-electron chi connectivity index (χ0n) is 10.7. The molecular formula is C14H22N2O2. The minimum atomic E-state index is -0.318. The molecule has 0 radical (unpaired) electrons. The minimum Gasteiger partial charge on any atom is -0.412 e. The molecule has 1 aliphatic heterocycles. The largest absolute Gasteiger partial charge is 0.412 e. The molecule has 1 heterocycles. The van der Waals surface area contributed by atoms with Crippen LogP contribution in [0.25, 0.3) is 0 Å². The van der Waals surface area contributed by atoms with Crippen LogP contribution >= 0.6 is 0 Å². The van der Waals surface area contributed by atoms with Gasteiger partial charge in [-0.1, -0.05) is 18.2 Å². The standard InChI is InChI=1S/C14H20N2O.H2O/c15-14(17)13-8-2-1-6-12(13)7-5-11-16-9-3-4-10-16;/h1-2,6,8H,3-5,7,9-11H2,(H2,15,17);1H2. The minimum absolute atomic E-state index is 0. The maximum Gasteiger partial charge on any atom is 0.248 e. The predicted molar refractivity (Wildman–Crippen MR) is 72.6 cm³/mol. The molecule has 0 atom stereocenters. The average molecular weight is 250 g/mol.